The van der Waals surface area contributed by atoms with E-state index < -0.39 is 6.04 Å². The summed E-state index contributed by atoms with van der Waals surface area (Å²) < 4.78 is 6.67. The van der Waals surface area contributed by atoms with Crippen LogP contribution in [0.1, 0.15) is 54.5 Å². The molecule has 0 aliphatic heterocycles. The number of carbonyl (C=O) groups is 2. The Morgan fingerprint density at radius 1 is 1.44 bits per heavy atom. The zero-order valence-electron chi connectivity index (χ0n) is 11.4. The number of aryl methyl sites for hydroxylation is 1. The molecule has 0 aliphatic rings. The van der Waals surface area contributed by atoms with Crippen molar-refractivity contribution in [3.8, 4) is 0 Å². The van der Waals surface area contributed by atoms with Crippen LogP contribution in [0.25, 0.3) is 0 Å². The molecule has 0 bridgehead atoms. The molecule has 0 radical (unpaired) electrons. The summed E-state index contributed by atoms with van der Waals surface area (Å²) in [6, 6.07) is -0.442. The number of hydrogen-bond donors (Lipinski definition) is 0. The minimum atomic E-state index is -0.442. The quantitative estimate of drug-likeness (QED) is 0.575. The lowest BCUT2D eigenvalue weighted by molar-refractivity contribution is -0.147. The molecule has 5 heteroatoms. The summed E-state index contributed by atoms with van der Waals surface area (Å²) in [5.74, 6) is -0.289. The fraction of sp³-hybridized carbons (Fsp3) is 0.615. The van der Waals surface area contributed by atoms with Crippen LogP contribution in [0.4, 0.5) is 0 Å². The molecular formula is C13H20N2O3. The molecule has 18 heavy (non-hydrogen) atoms. The van der Waals surface area contributed by atoms with Crippen molar-refractivity contribution in [1.82, 2.24) is 9.78 Å². The minimum absolute atomic E-state index is 0.289. The summed E-state index contributed by atoms with van der Waals surface area (Å²) in [6.45, 7) is 7.68. The fourth-order valence-electron chi connectivity index (χ4n) is 2.00. The summed E-state index contributed by atoms with van der Waals surface area (Å²) in [7, 11) is 0. The predicted molar refractivity (Wildman–Crippen MR) is 67.7 cm³/mol. The molecule has 0 fully saturated rings. The third-order valence-corrected chi connectivity index (χ3v) is 2.91. The van der Waals surface area contributed by atoms with Crippen LogP contribution in [-0.2, 0) is 9.53 Å². The molecule has 0 amide bonds. The maximum Gasteiger partial charge on any atom is 0.330 e. The van der Waals surface area contributed by atoms with Gasteiger partial charge in [-0.05, 0) is 27.2 Å². The molecule has 100 valence electrons. The van der Waals surface area contributed by atoms with Gasteiger partial charge in [0.15, 0.2) is 6.29 Å². The summed E-state index contributed by atoms with van der Waals surface area (Å²) in [6.07, 6.45) is 2.28. The number of carbonyl (C=O) groups excluding carboxylic acids is 2. The van der Waals surface area contributed by atoms with Gasteiger partial charge in [0.25, 0.3) is 0 Å². The van der Waals surface area contributed by atoms with Gasteiger partial charge in [0.05, 0.1) is 17.9 Å². The van der Waals surface area contributed by atoms with Crippen molar-refractivity contribution >= 4 is 12.3 Å². The van der Waals surface area contributed by atoms with Crippen molar-refractivity contribution in [1.29, 1.82) is 0 Å². The Morgan fingerprint density at radius 3 is 2.56 bits per heavy atom. The number of rotatable bonds is 6. The van der Waals surface area contributed by atoms with Gasteiger partial charge >= 0.3 is 5.97 Å². The topological polar surface area (TPSA) is 61.2 Å². The van der Waals surface area contributed by atoms with Crippen molar-refractivity contribution in [2.45, 2.75) is 46.6 Å². The van der Waals surface area contributed by atoms with E-state index in [2.05, 4.69) is 5.10 Å². The van der Waals surface area contributed by atoms with Crippen LogP contribution in [0.2, 0.25) is 0 Å². The molecule has 0 aliphatic carbocycles. The summed E-state index contributed by atoms with van der Waals surface area (Å²) in [5, 5.41) is 4.29. The van der Waals surface area contributed by atoms with Crippen LogP contribution in [0.3, 0.4) is 0 Å². The lowest BCUT2D eigenvalue weighted by Crippen LogP contribution is -2.24. The highest BCUT2D eigenvalue weighted by Crippen LogP contribution is 2.21. The molecule has 1 aromatic rings. The van der Waals surface area contributed by atoms with Gasteiger partial charge in [0, 0.05) is 5.69 Å². The molecule has 0 aromatic carbocycles. The van der Waals surface area contributed by atoms with Crippen LogP contribution < -0.4 is 0 Å². The highest BCUT2D eigenvalue weighted by molar-refractivity contribution is 5.79. The van der Waals surface area contributed by atoms with E-state index in [1.165, 1.54) is 0 Å². The largest absolute Gasteiger partial charge is 0.464 e. The van der Waals surface area contributed by atoms with Crippen molar-refractivity contribution in [2.24, 2.45) is 0 Å². The van der Waals surface area contributed by atoms with E-state index in [0.717, 1.165) is 12.7 Å². The maximum absolute atomic E-state index is 11.9. The van der Waals surface area contributed by atoms with Crippen LogP contribution in [0.5, 0.6) is 0 Å². The van der Waals surface area contributed by atoms with Crippen molar-refractivity contribution in [2.75, 3.05) is 6.61 Å². The second-order valence-corrected chi connectivity index (χ2v) is 4.20. The monoisotopic (exact) mass is 252 g/mol. The van der Waals surface area contributed by atoms with Crippen LogP contribution in [-0.4, -0.2) is 28.6 Å². The first kappa shape index (κ1) is 14.4. The number of hydrogen-bond acceptors (Lipinski definition) is 4. The molecule has 0 N–H and O–H groups in total. The van der Waals surface area contributed by atoms with Gasteiger partial charge in [0.1, 0.15) is 6.04 Å². The summed E-state index contributed by atoms with van der Waals surface area (Å²) in [4.78, 5) is 22.9. The van der Waals surface area contributed by atoms with Crippen molar-refractivity contribution < 1.29 is 14.3 Å². The molecule has 0 saturated heterocycles. The number of nitrogens with zero attached hydrogens (tertiary/aromatic N) is 2. The number of aromatic nitrogens is 2. The predicted octanol–water partition coefficient (Wildman–Crippen LogP) is 2.22. The van der Waals surface area contributed by atoms with Gasteiger partial charge in [-0.15, -0.1) is 0 Å². The zero-order valence-corrected chi connectivity index (χ0v) is 11.4. The van der Waals surface area contributed by atoms with Crippen LogP contribution >= 0.6 is 0 Å². The molecule has 1 atom stereocenters. The van der Waals surface area contributed by atoms with E-state index >= 15 is 0 Å². The smallest absolute Gasteiger partial charge is 0.330 e. The van der Waals surface area contributed by atoms with Gasteiger partial charge in [-0.25, -0.2) is 4.79 Å². The number of esters is 1. The normalized spacial score (nSPS) is 12.2. The van der Waals surface area contributed by atoms with E-state index in [0.29, 0.717) is 30.0 Å². The fourth-order valence-corrected chi connectivity index (χ4v) is 2.00. The Morgan fingerprint density at radius 2 is 2.11 bits per heavy atom. The van der Waals surface area contributed by atoms with E-state index in [1.54, 1.807) is 25.5 Å². The molecule has 5 nitrogen and oxygen atoms in total. The molecule has 1 aromatic heterocycles. The van der Waals surface area contributed by atoms with Gasteiger partial charge in [-0.2, -0.15) is 5.10 Å². The van der Waals surface area contributed by atoms with Crippen molar-refractivity contribution in [3.63, 3.8) is 0 Å². The Bertz CT molecular complexity index is 438. The standard InChI is InChI=1S/C13H20N2O3/c1-5-7-12(13(17)18-6-2)15-10(4)11(8-16)9(3)14-15/h8,12H,5-7H2,1-4H3. The molecule has 1 heterocycles. The lowest BCUT2D eigenvalue weighted by atomic mass is 10.1. The first-order valence-electron chi connectivity index (χ1n) is 6.24. The van der Waals surface area contributed by atoms with Crippen LogP contribution in [0, 0.1) is 13.8 Å². The third-order valence-electron chi connectivity index (χ3n) is 2.91. The highest BCUT2D eigenvalue weighted by atomic mass is 16.5. The zero-order chi connectivity index (χ0) is 13.7. The third kappa shape index (κ3) is 2.78. The SMILES string of the molecule is CCCC(C(=O)OCC)n1nc(C)c(C=O)c1C. The van der Waals surface area contributed by atoms with E-state index in [-0.39, 0.29) is 5.97 Å². The van der Waals surface area contributed by atoms with E-state index in [1.807, 2.05) is 6.92 Å². The first-order valence-corrected chi connectivity index (χ1v) is 6.24. The summed E-state index contributed by atoms with van der Waals surface area (Å²) in [5.41, 5.74) is 1.92. The molecule has 0 spiro atoms. The average Bonchev–Trinajstić information content (AvgIpc) is 2.61. The molecule has 0 saturated carbocycles. The van der Waals surface area contributed by atoms with Gasteiger partial charge in [-0.3, -0.25) is 9.48 Å². The second kappa shape index (κ2) is 6.33. The summed E-state index contributed by atoms with van der Waals surface area (Å²) >= 11 is 0. The Labute approximate surface area is 107 Å². The van der Waals surface area contributed by atoms with Crippen molar-refractivity contribution in [3.05, 3.63) is 17.0 Å². The molecular weight excluding hydrogens is 232 g/mol. The Hall–Kier alpha value is -1.65. The van der Waals surface area contributed by atoms with Gasteiger partial charge < -0.3 is 4.74 Å². The van der Waals surface area contributed by atoms with Gasteiger partial charge in [-0.1, -0.05) is 13.3 Å². The second-order valence-electron chi connectivity index (χ2n) is 4.20. The Kier molecular flexibility index (Phi) is 5.07. The van der Waals surface area contributed by atoms with Gasteiger partial charge in [0.2, 0.25) is 0 Å². The lowest BCUT2D eigenvalue weighted by Gasteiger charge is -2.17. The molecule has 1 unspecified atom stereocenters. The maximum atomic E-state index is 11.9. The van der Waals surface area contributed by atoms with E-state index in [9.17, 15) is 9.59 Å². The number of ether oxygens (including phenoxy) is 1. The number of aldehydes is 1. The highest BCUT2D eigenvalue weighted by Gasteiger charge is 2.25. The Balaban J connectivity index is 3.13. The first-order chi connectivity index (χ1) is 8.56. The van der Waals surface area contributed by atoms with E-state index in [4.69, 9.17) is 4.74 Å². The van der Waals surface area contributed by atoms with Crippen LogP contribution in [0.15, 0.2) is 0 Å². The molecule has 1 rings (SSSR count). The average molecular weight is 252 g/mol. The minimum Gasteiger partial charge on any atom is -0.464 e.